The van der Waals surface area contributed by atoms with Crippen LogP contribution in [0.5, 0.6) is 0 Å². The number of nitrogens with zero attached hydrogens (tertiary/aromatic N) is 1. The van der Waals surface area contributed by atoms with Crippen LogP contribution in [-0.2, 0) is 4.74 Å². The fraction of sp³-hybridized carbons (Fsp3) is 0.571. The van der Waals surface area contributed by atoms with Gasteiger partial charge in [-0.2, -0.15) is 0 Å². The molecule has 18 heavy (non-hydrogen) atoms. The maximum atomic E-state index is 5.53. The zero-order valence-electron chi connectivity index (χ0n) is 11.0. The van der Waals surface area contributed by atoms with Crippen molar-refractivity contribution in [2.75, 3.05) is 33.9 Å². The molecule has 2 atom stereocenters. The van der Waals surface area contributed by atoms with E-state index >= 15 is 0 Å². The molecule has 1 N–H and O–H groups in total. The number of ether oxygens (including phenoxy) is 1. The molecule has 0 saturated carbocycles. The second kappa shape index (κ2) is 6.66. The maximum Gasteiger partial charge on any atom is 0.0620 e. The Labute approximate surface area is 118 Å². The van der Waals surface area contributed by atoms with Crippen LogP contribution in [0.3, 0.4) is 0 Å². The smallest absolute Gasteiger partial charge is 0.0620 e. The summed E-state index contributed by atoms with van der Waals surface area (Å²) in [7, 11) is 4.27. The van der Waals surface area contributed by atoms with Crippen LogP contribution in [0.4, 0.5) is 0 Å². The molecule has 1 heterocycles. The van der Waals surface area contributed by atoms with Crippen molar-refractivity contribution in [2.24, 2.45) is 0 Å². The lowest BCUT2D eigenvalue weighted by molar-refractivity contribution is 0.0648. The molecule has 1 aliphatic heterocycles. The summed E-state index contributed by atoms with van der Waals surface area (Å²) in [6, 6.07) is 9.48. The summed E-state index contributed by atoms with van der Waals surface area (Å²) in [6.45, 7) is 2.62. The molecule has 3 nitrogen and oxygen atoms in total. The average Bonchev–Trinajstić information content (AvgIpc) is 2.38. The molecule has 0 aliphatic carbocycles. The quantitative estimate of drug-likeness (QED) is 0.924. The number of morpholine rings is 1. The van der Waals surface area contributed by atoms with E-state index in [-0.39, 0.29) is 0 Å². The number of hydrogen-bond donors (Lipinski definition) is 1. The molecule has 1 aromatic carbocycles. The van der Waals surface area contributed by atoms with E-state index in [0.717, 1.165) is 30.7 Å². The molecule has 1 fully saturated rings. The molecule has 0 aromatic heterocycles. The van der Waals surface area contributed by atoms with Gasteiger partial charge >= 0.3 is 0 Å². The normalized spacial score (nSPS) is 22.1. The molecule has 1 aliphatic rings. The Kier molecular flexibility index (Phi) is 5.18. The van der Waals surface area contributed by atoms with Crippen molar-refractivity contribution in [2.45, 2.75) is 18.5 Å². The first-order valence-corrected chi connectivity index (χ1v) is 7.19. The van der Waals surface area contributed by atoms with Crippen molar-refractivity contribution < 1.29 is 4.74 Å². The second-order valence-corrected chi connectivity index (χ2v) is 5.91. The predicted molar refractivity (Wildman–Crippen MR) is 77.8 cm³/mol. The first-order chi connectivity index (χ1) is 8.66. The van der Waals surface area contributed by atoms with Crippen LogP contribution in [0.15, 0.2) is 28.7 Å². The summed E-state index contributed by atoms with van der Waals surface area (Å²) >= 11 is 3.48. The Morgan fingerprint density at radius 1 is 1.39 bits per heavy atom. The van der Waals surface area contributed by atoms with Crippen molar-refractivity contribution in [1.29, 1.82) is 0 Å². The molecule has 0 bridgehead atoms. The van der Waals surface area contributed by atoms with Crippen LogP contribution in [0, 0.1) is 0 Å². The zero-order chi connectivity index (χ0) is 13.0. The van der Waals surface area contributed by atoms with E-state index < -0.39 is 0 Å². The SMILES string of the molecule is CN(C)C(CC1COCCN1)c1ccc(Br)cc1. The van der Waals surface area contributed by atoms with Crippen molar-refractivity contribution in [1.82, 2.24) is 10.2 Å². The Hall–Kier alpha value is -0.420. The van der Waals surface area contributed by atoms with Gasteiger partial charge in [0.05, 0.1) is 13.2 Å². The maximum absolute atomic E-state index is 5.53. The topological polar surface area (TPSA) is 24.5 Å². The summed E-state index contributed by atoms with van der Waals surface area (Å²) in [4.78, 5) is 2.28. The van der Waals surface area contributed by atoms with Crippen molar-refractivity contribution in [3.05, 3.63) is 34.3 Å². The third-order valence-corrected chi connectivity index (χ3v) is 3.91. The highest BCUT2D eigenvalue weighted by Crippen LogP contribution is 2.25. The van der Waals surface area contributed by atoms with Gasteiger partial charge in [-0.15, -0.1) is 0 Å². The minimum atomic E-state index is 0.428. The molecule has 100 valence electrons. The Morgan fingerprint density at radius 3 is 2.67 bits per heavy atom. The van der Waals surface area contributed by atoms with Crippen LogP contribution >= 0.6 is 15.9 Å². The number of nitrogens with one attached hydrogen (secondary N) is 1. The molecular formula is C14H21BrN2O. The minimum absolute atomic E-state index is 0.428. The molecule has 1 aromatic rings. The van der Waals surface area contributed by atoms with Crippen LogP contribution in [0.25, 0.3) is 0 Å². The highest BCUT2D eigenvalue weighted by molar-refractivity contribution is 9.10. The van der Waals surface area contributed by atoms with E-state index in [1.165, 1.54) is 5.56 Å². The molecule has 2 unspecified atom stereocenters. The molecule has 0 radical (unpaired) electrons. The number of hydrogen-bond acceptors (Lipinski definition) is 3. The van der Waals surface area contributed by atoms with Crippen LogP contribution in [0.2, 0.25) is 0 Å². The van der Waals surface area contributed by atoms with E-state index in [2.05, 4.69) is 64.5 Å². The number of benzene rings is 1. The van der Waals surface area contributed by atoms with Crippen molar-refractivity contribution >= 4 is 15.9 Å². The summed E-state index contributed by atoms with van der Waals surface area (Å²) in [5.74, 6) is 0. The molecule has 2 rings (SSSR count). The summed E-state index contributed by atoms with van der Waals surface area (Å²) < 4.78 is 6.66. The molecule has 0 spiro atoms. The fourth-order valence-corrected chi connectivity index (χ4v) is 2.63. The fourth-order valence-electron chi connectivity index (χ4n) is 2.37. The van der Waals surface area contributed by atoms with Crippen LogP contribution < -0.4 is 5.32 Å². The van der Waals surface area contributed by atoms with Gasteiger partial charge in [0.2, 0.25) is 0 Å². The number of rotatable bonds is 4. The predicted octanol–water partition coefficient (Wildman–Crippen LogP) is 2.43. The summed E-state index contributed by atoms with van der Waals surface area (Å²) in [5, 5.41) is 3.52. The molecule has 1 saturated heterocycles. The lowest BCUT2D eigenvalue weighted by Crippen LogP contribution is -2.43. The Balaban J connectivity index is 2.05. The van der Waals surface area contributed by atoms with Gasteiger partial charge in [-0.1, -0.05) is 28.1 Å². The number of halogens is 1. The first kappa shape index (κ1) is 14.0. The Bertz CT molecular complexity index is 361. The summed E-state index contributed by atoms with van der Waals surface area (Å²) in [5.41, 5.74) is 1.36. The van der Waals surface area contributed by atoms with Crippen LogP contribution in [-0.4, -0.2) is 44.8 Å². The lowest BCUT2D eigenvalue weighted by Gasteiger charge is -2.31. The third kappa shape index (κ3) is 3.79. The van der Waals surface area contributed by atoms with E-state index in [9.17, 15) is 0 Å². The van der Waals surface area contributed by atoms with Gasteiger partial charge < -0.3 is 15.0 Å². The monoisotopic (exact) mass is 312 g/mol. The highest BCUT2D eigenvalue weighted by atomic mass is 79.9. The van der Waals surface area contributed by atoms with E-state index in [1.54, 1.807) is 0 Å². The van der Waals surface area contributed by atoms with Crippen molar-refractivity contribution in [3.63, 3.8) is 0 Å². The van der Waals surface area contributed by atoms with Gasteiger partial charge in [0.15, 0.2) is 0 Å². The largest absolute Gasteiger partial charge is 0.379 e. The van der Waals surface area contributed by atoms with Gasteiger partial charge in [-0.05, 0) is 38.2 Å². The molecule has 4 heteroatoms. The average molecular weight is 313 g/mol. The van der Waals surface area contributed by atoms with Crippen LogP contribution in [0.1, 0.15) is 18.0 Å². The van der Waals surface area contributed by atoms with E-state index in [0.29, 0.717) is 12.1 Å². The zero-order valence-corrected chi connectivity index (χ0v) is 12.6. The minimum Gasteiger partial charge on any atom is -0.379 e. The van der Waals surface area contributed by atoms with Gasteiger partial charge in [0.25, 0.3) is 0 Å². The van der Waals surface area contributed by atoms with Gasteiger partial charge in [-0.25, -0.2) is 0 Å². The second-order valence-electron chi connectivity index (χ2n) is 4.99. The summed E-state index contributed by atoms with van der Waals surface area (Å²) in [6.07, 6.45) is 1.08. The van der Waals surface area contributed by atoms with Crippen molar-refractivity contribution in [3.8, 4) is 0 Å². The molecular weight excluding hydrogens is 292 g/mol. The van der Waals surface area contributed by atoms with Gasteiger partial charge in [-0.3, -0.25) is 0 Å². The van der Waals surface area contributed by atoms with Gasteiger partial charge in [0, 0.05) is 23.1 Å². The van der Waals surface area contributed by atoms with Gasteiger partial charge in [0.1, 0.15) is 0 Å². The van der Waals surface area contributed by atoms with E-state index in [1.807, 2.05) is 0 Å². The standard InChI is InChI=1S/C14H21BrN2O/c1-17(2)14(9-13-10-18-8-7-16-13)11-3-5-12(15)6-4-11/h3-6,13-14,16H,7-10H2,1-2H3. The Morgan fingerprint density at radius 2 is 2.11 bits per heavy atom. The van der Waals surface area contributed by atoms with E-state index in [4.69, 9.17) is 4.74 Å². The molecule has 0 amide bonds. The first-order valence-electron chi connectivity index (χ1n) is 6.40. The highest BCUT2D eigenvalue weighted by Gasteiger charge is 2.21. The third-order valence-electron chi connectivity index (χ3n) is 3.38. The lowest BCUT2D eigenvalue weighted by atomic mass is 9.98.